The second kappa shape index (κ2) is 11.8. The number of aryl methyl sites for hydroxylation is 1. The first kappa shape index (κ1) is 23.2. The summed E-state index contributed by atoms with van der Waals surface area (Å²) in [6.07, 6.45) is 2.06. The SMILES string of the molecule is CCNC(=NCc1cc(C#N)ccc1F)NCc1ccc(C)cc1SC.I. The maximum absolute atomic E-state index is 13.9. The van der Waals surface area contributed by atoms with Crippen LogP contribution in [0, 0.1) is 24.1 Å². The summed E-state index contributed by atoms with van der Waals surface area (Å²) in [5.74, 6) is 0.258. The summed E-state index contributed by atoms with van der Waals surface area (Å²) < 4.78 is 13.9. The molecule has 2 aromatic rings. The highest BCUT2D eigenvalue weighted by atomic mass is 127. The molecule has 0 amide bonds. The predicted molar refractivity (Wildman–Crippen MR) is 121 cm³/mol. The molecule has 144 valence electrons. The van der Waals surface area contributed by atoms with Crippen molar-refractivity contribution in [3.05, 3.63) is 64.5 Å². The summed E-state index contributed by atoms with van der Waals surface area (Å²) in [6, 6.07) is 12.7. The molecule has 0 aromatic heterocycles. The Hall–Kier alpha value is -1.79. The van der Waals surface area contributed by atoms with Crippen molar-refractivity contribution in [2.75, 3.05) is 12.8 Å². The van der Waals surface area contributed by atoms with E-state index in [1.807, 2.05) is 13.0 Å². The number of hydrogen-bond acceptors (Lipinski definition) is 3. The third-order valence-corrected chi connectivity index (χ3v) is 4.64. The van der Waals surface area contributed by atoms with Crippen molar-refractivity contribution >= 4 is 41.7 Å². The summed E-state index contributed by atoms with van der Waals surface area (Å²) in [7, 11) is 0. The van der Waals surface area contributed by atoms with Gasteiger partial charge in [0.2, 0.25) is 0 Å². The van der Waals surface area contributed by atoms with Crippen LogP contribution < -0.4 is 10.6 Å². The van der Waals surface area contributed by atoms with E-state index >= 15 is 0 Å². The van der Waals surface area contributed by atoms with Gasteiger partial charge in [-0.05, 0) is 55.5 Å². The van der Waals surface area contributed by atoms with Gasteiger partial charge in [-0.3, -0.25) is 0 Å². The fraction of sp³-hybridized carbons (Fsp3) is 0.300. The fourth-order valence-electron chi connectivity index (χ4n) is 2.45. The van der Waals surface area contributed by atoms with Crippen LogP contribution in [0.15, 0.2) is 46.3 Å². The molecule has 4 nitrogen and oxygen atoms in total. The summed E-state index contributed by atoms with van der Waals surface area (Å²) in [5, 5.41) is 15.4. The van der Waals surface area contributed by atoms with Crippen LogP contribution in [0.1, 0.15) is 29.2 Å². The van der Waals surface area contributed by atoms with Crippen molar-refractivity contribution in [3.63, 3.8) is 0 Å². The molecular formula is C20H24FIN4S. The highest BCUT2D eigenvalue weighted by Gasteiger charge is 2.06. The van der Waals surface area contributed by atoms with Crippen molar-refractivity contribution in [2.24, 2.45) is 4.99 Å². The number of hydrogen-bond donors (Lipinski definition) is 2. The molecule has 0 unspecified atom stereocenters. The normalized spacial score (nSPS) is 10.7. The molecule has 0 fully saturated rings. The van der Waals surface area contributed by atoms with E-state index in [0.29, 0.717) is 30.2 Å². The van der Waals surface area contributed by atoms with Gasteiger partial charge < -0.3 is 10.6 Å². The Balaban J connectivity index is 0.00000364. The number of nitrogens with zero attached hydrogens (tertiary/aromatic N) is 2. The van der Waals surface area contributed by atoms with Crippen molar-refractivity contribution < 1.29 is 4.39 Å². The van der Waals surface area contributed by atoms with E-state index in [1.54, 1.807) is 11.8 Å². The first-order valence-corrected chi connectivity index (χ1v) is 9.64. The van der Waals surface area contributed by atoms with Crippen LogP contribution in [0.4, 0.5) is 4.39 Å². The van der Waals surface area contributed by atoms with E-state index in [4.69, 9.17) is 5.26 Å². The molecule has 2 N–H and O–H groups in total. The fourth-order valence-corrected chi connectivity index (χ4v) is 3.15. The number of guanidine groups is 1. The number of nitrogens with one attached hydrogen (secondary N) is 2. The zero-order valence-corrected chi connectivity index (χ0v) is 18.8. The van der Waals surface area contributed by atoms with Crippen LogP contribution in [-0.2, 0) is 13.1 Å². The average molecular weight is 498 g/mol. The zero-order valence-electron chi connectivity index (χ0n) is 15.7. The van der Waals surface area contributed by atoms with E-state index in [0.717, 1.165) is 0 Å². The summed E-state index contributed by atoms with van der Waals surface area (Å²) in [4.78, 5) is 5.67. The van der Waals surface area contributed by atoms with Crippen LogP contribution in [0.3, 0.4) is 0 Å². The number of halogens is 2. The molecule has 0 atom stereocenters. The lowest BCUT2D eigenvalue weighted by Crippen LogP contribution is -2.36. The Labute approximate surface area is 181 Å². The van der Waals surface area contributed by atoms with E-state index in [2.05, 4.69) is 47.0 Å². The second-order valence-corrected chi connectivity index (χ2v) is 6.63. The summed E-state index contributed by atoms with van der Waals surface area (Å²) >= 11 is 1.71. The first-order chi connectivity index (χ1) is 12.6. The Morgan fingerprint density at radius 1 is 1.19 bits per heavy atom. The largest absolute Gasteiger partial charge is 0.357 e. The molecule has 0 saturated heterocycles. The van der Waals surface area contributed by atoms with Gasteiger partial charge in [-0.15, -0.1) is 35.7 Å². The quantitative estimate of drug-likeness (QED) is 0.265. The van der Waals surface area contributed by atoms with Crippen LogP contribution in [0.2, 0.25) is 0 Å². The molecule has 27 heavy (non-hydrogen) atoms. The summed E-state index contributed by atoms with van der Waals surface area (Å²) in [6.45, 7) is 5.55. The van der Waals surface area contributed by atoms with Crippen LogP contribution in [-0.4, -0.2) is 18.8 Å². The monoisotopic (exact) mass is 498 g/mol. The summed E-state index contributed by atoms with van der Waals surface area (Å²) in [5.41, 5.74) is 3.25. The molecule has 0 bridgehead atoms. The Kier molecular flexibility index (Phi) is 10.2. The van der Waals surface area contributed by atoms with Gasteiger partial charge in [0.25, 0.3) is 0 Å². The van der Waals surface area contributed by atoms with Crippen LogP contribution in [0.5, 0.6) is 0 Å². The van der Waals surface area contributed by atoms with Gasteiger partial charge in [-0.2, -0.15) is 5.26 Å². The van der Waals surface area contributed by atoms with Gasteiger partial charge in [-0.1, -0.05) is 12.1 Å². The molecule has 0 aliphatic carbocycles. The third-order valence-electron chi connectivity index (χ3n) is 3.82. The molecule has 2 rings (SSSR count). The Morgan fingerprint density at radius 2 is 1.96 bits per heavy atom. The van der Waals surface area contributed by atoms with Crippen molar-refractivity contribution in [1.82, 2.24) is 10.6 Å². The van der Waals surface area contributed by atoms with Gasteiger partial charge in [0.15, 0.2) is 5.96 Å². The van der Waals surface area contributed by atoms with Crippen molar-refractivity contribution in [1.29, 1.82) is 5.26 Å². The molecule has 0 spiro atoms. The topological polar surface area (TPSA) is 60.2 Å². The third kappa shape index (κ3) is 7.03. The molecular weight excluding hydrogens is 474 g/mol. The van der Waals surface area contributed by atoms with Gasteiger partial charge in [0.1, 0.15) is 5.82 Å². The van der Waals surface area contributed by atoms with E-state index in [9.17, 15) is 4.39 Å². The van der Waals surface area contributed by atoms with E-state index in [-0.39, 0.29) is 36.3 Å². The van der Waals surface area contributed by atoms with E-state index < -0.39 is 0 Å². The van der Waals surface area contributed by atoms with Gasteiger partial charge >= 0.3 is 0 Å². The lowest BCUT2D eigenvalue weighted by atomic mass is 10.1. The molecule has 0 heterocycles. The lowest BCUT2D eigenvalue weighted by molar-refractivity contribution is 0.610. The lowest BCUT2D eigenvalue weighted by Gasteiger charge is -2.14. The Morgan fingerprint density at radius 3 is 2.63 bits per heavy atom. The molecule has 0 aliphatic rings. The maximum Gasteiger partial charge on any atom is 0.191 e. The molecule has 0 saturated carbocycles. The van der Waals surface area contributed by atoms with Crippen LogP contribution >= 0.6 is 35.7 Å². The minimum Gasteiger partial charge on any atom is -0.357 e. The minimum atomic E-state index is -0.355. The minimum absolute atomic E-state index is 0. The number of thioether (sulfide) groups is 1. The van der Waals surface area contributed by atoms with Crippen molar-refractivity contribution in [3.8, 4) is 6.07 Å². The number of aliphatic imine (C=N–C) groups is 1. The predicted octanol–water partition coefficient (Wildman–Crippen LogP) is 4.60. The molecule has 0 aliphatic heterocycles. The average Bonchev–Trinajstić information content (AvgIpc) is 2.65. The number of nitriles is 1. The van der Waals surface area contributed by atoms with Gasteiger partial charge in [0, 0.05) is 23.5 Å². The molecule has 7 heteroatoms. The standard InChI is InChI=1S/C20H23FN4S.HI/c1-4-23-20(24-12-16-7-5-14(2)9-19(16)26-3)25-13-17-10-15(11-22)6-8-18(17)21;/h5-10H,4,12-13H2,1-3H3,(H2,23,24,25);1H. The highest BCUT2D eigenvalue weighted by molar-refractivity contribution is 14.0. The molecule has 0 radical (unpaired) electrons. The number of benzene rings is 2. The van der Waals surface area contributed by atoms with Crippen LogP contribution in [0.25, 0.3) is 0 Å². The van der Waals surface area contributed by atoms with Gasteiger partial charge in [0.05, 0.1) is 18.2 Å². The Bertz CT molecular complexity index is 833. The second-order valence-electron chi connectivity index (χ2n) is 5.78. The van der Waals surface area contributed by atoms with Crippen molar-refractivity contribution in [2.45, 2.75) is 31.8 Å². The first-order valence-electron chi connectivity index (χ1n) is 8.41. The molecule has 2 aromatic carbocycles. The number of rotatable bonds is 6. The van der Waals surface area contributed by atoms with E-state index in [1.165, 1.54) is 34.2 Å². The zero-order chi connectivity index (χ0) is 18.9. The van der Waals surface area contributed by atoms with Gasteiger partial charge in [-0.25, -0.2) is 9.38 Å². The maximum atomic E-state index is 13.9. The smallest absolute Gasteiger partial charge is 0.191 e. The highest BCUT2D eigenvalue weighted by Crippen LogP contribution is 2.21.